The van der Waals surface area contributed by atoms with Gasteiger partial charge in [-0.3, -0.25) is 19.3 Å². The third kappa shape index (κ3) is 4.43. The average Bonchev–Trinajstić information content (AvgIpc) is 3.44. The molecule has 1 amide bonds. The molecule has 228 valence electrons. The van der Waals surface area contributed by atoms with Crippen molar-refractivity contribution in [2.75, 3.05) is 14.1 Å². The lowest BCUT2D eigenvalue weighted by Gasteiger charge is -2.50. The largest absolute Gasteiger partial charge is 0.510 e. The molecule has 2 aromatic carbocycles. The van der Waals surface area contributed by atoms with Gasteiger partial charge in [-0.1, -0.05) is 30.3 Å². The van der Waals surface area contributed by atoms with Gasteiger partial charge in [-0.15, -0.1) is 0 Å². The maximum Gasteiger partial charge on any atom is 0.255 e. The topological polar surface area (TPSA) is 187 Å². The summed E-state index contributed by atoms with van der Waals surface area (Å²) in [6.07, 6.45) is 0.175. The first-order valence-corrected chi connectivity index (χ1v) is 14.3. The van der Waals surface area contributed by atoms with E-state index in [0.717, 1.165) is 5.56 Å². The van der Waals surface area contributed by atoms with E-state index in [-0.39, 0.29) is 29.7 Å². The number of allylic oxidation sites excluding steroid dienone is 1. The maximum absolute atomic E-state index is 14.0. The van der Waals surface area contributed by atoms with Gasteiger partial charge in [-0.05, 0) is 68.2 Å². The van der Waals surface area contributed by atoms with Crippen LogP contribution in [-0.2, 0) is 29.1 Å². The van der Waals surface area contributed by atoms with Crippen molar-refractivity contribution in [2.24, 2.45) is 17.6 Å². The predicted molar refractivity (Wildman–Crippen MR) is 158 cm³/mol. The first-order valence-electron chi connectivity index (χ1n) is 14.3. The number of primary amides is 1. The minimum absolute atomic E-state index is 0.00761. The Morgan fingerprint density at radius 1 is 1.05 bits per heavy atom. The number of furan rings is 1. The third-order valence-electron chi connectivity index (χ3n) is 9.00. The molecular formula is C33H33N3O8. The van der Waals surface area contributed by atoms with Crippen molar-refractivity contribution in [1.82, 2.24) is 10.2 Å². The second kappa shape index (κ2) is 10.8. The molecule has 0 spiro atoms. The van der Waals surface area contributed by atoms with Crippen molar-refractivity contribution in [3.8, 4) is 17.1 Å². The normalized spacial score (nSPS) is 24.8. The number of amides is 1. The number of nitrogens with one attached hydrogen (secondary N) is 1. The molecule has 7 N–H and O–H groups in total. The maximum atomic E-state index is 14.0. The number of hydrogen-bond donors (Lipinski definition) is 6. The summed E-state index contributed by atoms with van der Waals surface area (Å²) in [5.41, 5.74) is 3.81. The van der Waals surface area contributed by atoms with E-state index in [0.29, 0.717) is 35.7 Å². The van der Waals surface area contributed by atoms with Gasteiger partial charge in [0.25, 0.3) is 5.91 Å². The zero-order chi connectivity index (χ0) is 31.5. The van der Waals surface area contributed by atoms with Crippen LogP contribution in [0.25, 0.3) is 11.3 Å². The molecule has 0 fully saturated rings. The predicted octanol–water partition coefficient (Wildman–Crippen LogP) is 2.67. The monoisotopic (exact) mass is 599 g/mol. The number of fused-ring (bicyclic) bond motifs is 3. The fourth-order valence-corrected chi connectivity index (χ4v) is 7.03. The Balaban J connectivity index is 1.37. The van der Waals surface area contributed by atoms with Crippen molar-refractivity contribution in [1.29, 1.82) is 0 Å². The molecule has 1 unspecified atom stereocenters. The van der Waals surface area contributed by atoms with Crippen molar-refractivity contribution < 1.29 is 39.2 Å². The van der Waals surface area contributed by atoms with E-state index < -0.39 is 58.0 Å². The fourth-order valence-electron chi connectivity index (χ4n) is 7.03. The number of aromatic hydroxyl groups is 1. The van der Waals surface area contributed by atoms with Gasteiger partial charge in [0, 0.05) is 23.6 Å². The quantitative estimate of drug-likeness (QED) is 0.221. The van der Waals surface area contributed by atoms with Crippen LogP contribution in [0.1, 0.15) is 33.7 Å². The summed E-state index contributed by atoms with van der Waals surface area (Å²) in [7, 11) is 3.18. The lowest BCUT2D eigenvalue weighted by atomic mass is 9.58. The molecule has 0 saturated heterocycles. The van der Waals surface area contributed by atoms with Crippen LogP contribution in [0.5, 0.6) is 5.75 Å². The highest BCUT2D eigenvalue weighted by atomic mass is 16.4. The van der Waals surface area contributed by atoms with Crippen LogP contribution in [0, 0.1) is 11.8 Å². The van der Waals surface area contributed by atoms with Crippen LogP contribution in [0.2, 0.25) is 0 Å². The highest BCUT2D eigenvalue weighted by molar-refractivity contribution is 6.24. The summed E-state index contributed by atoms with van der Waals surface area (Å²) < 4.78 is 6.13. The molecule has 3 aromatic rings. The number of aliphatic hydroxyl groups excluding tert-OH is 2. The van der Waals surface area contributed by atoms with Gasteiger partial charge in [0.05, 0.1) is 18.2 Å². The Kier molecular flexibility index (Phi) is 7.19. The summed E-state index contributed by atoms with van der Waals surface area (Å²) >= 11 is 0. The summed E-state index contributed by atoms with van der Waals surface area (Å²) in [6, 6.07) is 15.5. The lowest BCUT2D eigenvalue weighted by molar-refractivity contribution is -0.148. The van der Waals surface area contributed by atoms with Gasteiger partial charge in [-0.25, -0.2) is 0 Å². The average molecular weight is 600 g/mol. The smallest absolute Gasteiger partial charge is 0.255 e. The lowest BCUT2D eigenvalue weighted by Crippen LogP contribution is -2.63. The summed E-state index contributed by atoms with van der Waals surface area (Å²) in [5, 5.41) is 48.3. The van der Waals surface area contributed by atoms with Crippen LogP contribution in [-0.4, -0.2) is 68.5 Å². The van der Waals surface area contributed by atoms with Crippen LogP contribution < -0.4 is 11.1 Å². The van der Waals surface area contributed by atoms with Gasteiger partial charge in [-0.2, -0.15) is 0 Å². The summed E-state index contributed by atoms with van der Waals surface area (Å²) in [5.74, 6) is -5.72. The van der Waals surface area contributed by atoms with E-state index in [2.05, 4.69) is 5.32 Å². The standard InChI is InChI=1S/C33H33N3O8/c1-36(2)27-21-13-17-12-20-19(23-11-8-18(44-23)15-35-14-16-6-4-3-5-7-16)9-10-22(37)25(20)28(38)24(17)30(40)33(21,43)31(41)26(29(27)39)32(34)42/h3-11,17,21,27,35,37,39-40,43H,12-15H2,1-2H3,(H2,34,42)/t17-,21-,27?,33-/m0/s1. The van der Waals surface area contributed by atoms with Gasteiger partial charge >= 0.3 is 0 Å². The third-order valence-corrected chi connectivity index (χ3v) is 9.00. The molecule has 3 aliphatic carbocycles. The highest BCUT2D eigenvalue weighted by Gasteiger charge is 2.63. The van der Waals surface area contributed by atoms with E-state index in [9.17, 15) is 34.8 Å². The zero-order valence-corrected chi connectivity index (χ0v) is 24.2. The number of carbonyl (C=O) groups excluding carboxylic acids is 3. The van der Waals surface area contributed by atoms with E-state index in [1.807, 2.05) is 36.4 Å². The Morgan fingerprint density at radius 2 is 1.77 bits per heavy atom. The first-order chi connectivity index (χ1) is 20.9. The number of nitrogens with two attached hydrogens (primary N) is 1. The molecule has 3 aliphatic rings. The van der Waals surface area contributed by atoms with E-state index in [1.165, 1.54) is 11.0 Å². The SMILES string of the molecule is CN(C)C1C(O)=C(C(N)=O)C(=O)[C@@]2(O)C(O)=C3C(=O)c4c(O)ccc(-c5ccc(CNCc6ccccc6)o5)c4C[C@H]3C[C@@H]12. The minimum atomic E-state index is -2.68. The number of benzene rings is 2. The Morgan fingerprint density at radius 3 is 2.45 bits per heavy atom. The van der Waals surface area contributed by atoms with Gasteiger partial charge in [0.15, 0.2) is 11.4 Å². The molecule has 11 nitrogen and oxygen atoms in total. The number of hydrogen-bond acceptors (Lipinski definition) is 10. The van der Waals surface area contributed by atoms with E-state index >= 15 is 0 Å². The van der Waals surface area contributed by atoms with Crippen LogP contribution in [0.15, 0.2) is 81.7 Å². The molecule has 0 radical (unpaired) electrons. The number of rotatable bonds is 7. The fraction of sp³-hybridized carbons (Fsp3) is 0.303. The number of phenolic OH excluding ortho intramolecular Hbond substituents is 1. The molecule has 4 atom stereocenters. The summed E-state index contributed by atoms with van der Waals surface area (Å²) in [4.78, 5) is 41.1. The number of Topliss-reactive ketones (excluding diaryl/α,β-unsaturated/α-hetero) is 2. The van der Waals surface area contributed by atoms with Gasteiger partial charge < -0.3 is 35.9 Å². The Hall–Kier alpha value is -4.71. The van der Waals surface area contributed by atoms with Gasteiger partial charge in [0.1, 0.15) is 34.4 Å². The molecule has 1 aromatic heterocycles. The van der Waals surface area contributed by atoms with E-state index in [4.69, 9.17) is 10.2 Å². The van der Waals surface area contributed by atoms with Crippen molar-refractivity contribution >= 4 is 17.5 Å². The minimum Gasteiger partial charge on any atom is -0.510 e. The van der Waals surface area contributed by atoms with Crippen molar-refractivity contribution in [3.63, 3.8) is 0 Å². The molecule has 0 aliphatic heterocycles. The number of carbonyl (C=O) groups is 3. The molecule has 11 heteroatoms. The number of likely N-dealkylation sites (N-methyl/N-ethyl adjacent to an activating group) is 1. The van der Waals surface area contributed by atoms with E-state index in [1.54, 1.807) is 26.2 Å². The van der Waals surface area contributed by atoms with Crippen molar-refractivity contribution in [2.45, 2.75) is 37.6 Å². The van der Waals surface area contributed by atoms with Gasteiger partial charge in [0.2, 0.25) is 5.78 Å². The number of phenols is 1. The summed E-state index contributed by atoms with van der Waals surface area (Å²) in [6.45, 7) is 1.11. The van der Waals surface area contributed by atoms with Crippen LogP contribution >= 0.6 is 0 Å². The molecule has 1 heterocycles. The first kappa shape index (κ1) is 29.4. The second-order valence-corrected chi connectivity index (χ2v) is 11.8. The van der Waals surface area contributed by atoms with Crippen LogP contribution in [0.4, 0.5) is 0 Å². The highest BCUT2D eigenvalue weighted by Crippen LogP contribution is 2.53. The molecule has 0 saturated carbocycles. The molecule has 6 rings (SSSR count). The number of ketones is 2. The molecular weight excluding hydrogens is 566 g/mol. The number of nitrogens with zero attached hydrogens (tertiary/aromatic N) is 1. The molecule has 44 heavy (non-hydrogen) atoms. The van der Waals surface area contributed by atoms with Crippen LogP contribution in [0.3, 0.4) is 0 Å². The second-order valence-electron chi connectivity index (χ2n) is 11.8. The Labute approximate surface area is 252 Å². The Bertz CT molecular complexity index is 1760. The molecule has 0 bridgehead atoms. The van der Waals surface area contributed by atoms with Crippen molar-refractivity contribution in [3.05, 3.63) is 99.7 Å². The zero-order valence-electron chi connectivity index (χ0n) is 24.2. The number of aliphatic hydroxyl groups is 3.